The minimum atomic E-state index is -0.710. The largest absolute Gasteiger partial charge is 0.457 e. The van der Waals surface area contributed by atoms with Crippen LogP contribution in [-0.2, 0) is 9.53 Å². The topological polar surface area (TPSA) is 94.9 Å². The van der Waals surface area contributed by atoms with Gasteiger partial charge in [0.2, 0.25) is 5.90 Å². The van der Waals surface area contributed by atoms with Gasteiger partial charge >= 0.3 is 5.97 Å². The lowest BCUT2D eigenvalue weighted by atomic mass is 10.2. The molecule has 3 aromatic rings. The number of rotatable bonds is 4. The first-order valence-electron chi connectivity index (χ1n) is 8.34. The first-order valence-corrected chi connectivity index (χ1v) is 9.47. The Hall–Kier alpha value is -3.13. The number of ether oxygens (including phenoxy) is 1. The van der Waals surface area contributed by atoms with E-state index in [0.717, 1.165) is 6.07 Å². The summed E-state index contributed by atoms with van der Waals surface area (Å²) in [5, 5.41) is 11.8. The summed E-state index contributed by atoms with van der Waals surface area (Å²) in [5.41, 5.74) is 0.652. The predicted octanol–water partition coefficient (Wildman–Crippen LogP) is 6.16. The van der Waals surface area contributed by atoms with Crippen molar-refractivity contribution in [3.8, 4) is 11.3 Å². The number of nitro benzene ring substituents is 1. The average molecular weight is 464 g/mol. The Balaban J connectivity index is 1.64. The van der Waals surface area contributed by atoms with Gasteiger partial charge in [-0.3, -0.25) is 10.1 Å². The van der Waals surface area contributed by atoms with E-state index in [1.807, 2.05) is 0 Å². The highest BCUT2D eigenvalue weighted by Crippen LogP contribution is 2.33. The van der Waals surface area contributed by atoms with Crippen molar-refractivity contribution < 1.29 is 18.9 Å². The van der Waals surface area contributed by atoms with Gasteiger partial charge in [-0.1, -0.05) is 34.8 Å². The number of furan rings is 1. The second-order valence-electron chi connectivity index (χ2n) is 6.08. The summed E-state index contributed by atoms with van der Waals surface area (Å²) >= 11 is 18.3. The van der Waals surface area contributed by atoms with E-state index in [9.17, 15) is 14.9 Å². The molecule has 0 amide bonds. The summed E-state index contributed by atoms with van der Waals surface area (Å²) in [6, 6.07) is 12.1. The second kappa shape index (κ2) is 7.95. The molecule has 10 heteroatoms. The van der Waals surface area contributed by atoms with Crippen molar-refractivity contribution in [3.05, 3.63) is 90.7 Å². The molecule has 1 aromatic heterocycles. The summed E-state index contributed by atoms with van der Waals surface area (Å²) in [5.74, 6) is 0.0325. The molecule has 0 radical (unpaired) electrons. The van der Waals surface area contributed by atoms with Crippen LogP contribution in [0.2, 0.25) is 15.1 Å². The van der Waals surface area contributed by atoms with Gasteiger partial charge in [0.1, 0.15) is 11.5 Å². The van der Waals surface area contributed by atoms with Gasteiger partial charge in [0, 0.05) is 28.8 Å². The highest BCUT2D eigenvalue weighted by atomic mass is 35.5. The molecule has 1 aliphatic rings. The molecule has 1 aliphatic heterocycles. The number of non-ortho nitro benzene ring substituents is 1. The molecule has 150 valence electrons. The van der Waals surface area contributed by atoms with E-state index < -0.39 is 10.9 Å². The molecule has 2 aromatic carbocycles. The number of hydrogen-bond donors (Lipinski definition) is 0. The van der Waals surface area contributed by atoms with Crippen LogP contribution in [0.3, 0.4) is 0 Å². The van der Waals surface area contributed by atoms with Gasteiger partial charge in [-0.15, -0.1) is 0 Å². The van der Waals surface area contributed by atoms with Gasteiger partial charge in [0.05, 0.1) is 20.5 Å². The SMILES string of the molecule is O=C1OC(c2ccc([N+](=O)[O-])cc2Cl)=N/C1=C\c1ccc(-c2cc(Cl)ccc2Cl)o1. The van der Waals surface area contributed by atoms with E-state index in [2.05, 4.69) is 4.99 Å². The first-order chi connectivity index (χ1) is 14.3. The molecule has 0 spiro atoms. The Bertz CT molecular complexity index is 1260. The fourth-order valence-electron chi connectivity index (χ4n) is 2.71. The zero-order valence-electron chi connectivity index (χ0n) is 14.8. The molecule has 0 bridgehead atoms. The van der Waals surface area contributed by atoms with E-state index in [1.165, 1.54) is 18.2 Å². The van der Waals surface area contributed by atoms with Gasteiger partial charge in [-0.25, -0.2) is 9.79 Å². The normalized spacial score (nSPS) is 14.7. The maximum absolute atomic E-state index is 12.2. The van der Waals surface area contributed by atoms with Crippen molar-refractivity contribution >= 4 is 58.4 Å². The number of cyclic esters (lactones) is 1. The molecule has 0 saturated heterocycles. The molecule has 2 heterocycles. The van der Waals surface area contributed by atoms with Crippen LogP contribution in [-0.4, -0.2) is 16.8 Å². The third-order valence-corrected chi connectivity index (χ3v) is 4.99. The van der Waals surface area contributed by atoms with Crippen LogP contribution >= 0.6 is 34.8 Å². The maximum atomic E-state index is 12.2. The summed E-state index contributed by atoms with van der Waals surface area (Å²) in [6.45, 7) is 0. The predicted molar refractivity (Wildman–Crippen MR) is 113 cm³/mol. The van der Waals surface area contributed by atoms with Crippen molar-refractivity contribution in [2.24, 2.45) is 4.99 Å². The Morgan fingerprint density at radius 1 is 0.967 bits per heavy atom. The van der Waals surface area contributed by atoms with E-state index in [4.69, 9.17) is 44.0 Å². The number of nitrogens with zero attached hydrogens (tertiary/aromatic N) is 2. The molecule has 0 fully saturated rings. The summed E-state index contributed by atoms with van der Waals surface area (Å²) in [7, 11) is 0. The summed E-state index contributed by atoms with van der Waals surface area (Å²) in [6.07, 6.45) is 1.40. The highest BCUT2D eigenvalue weighted by molar-refractivity contribution is 6.35. The standard InChI is InChI=1S/C20H9Cl3N2O5/c21-10-1-5-15(22)14(7-10)18-6-3-12(29-18)9-17-20(26)30-19(24-17)13-4-2-11(25(27)28)8-16(13)23/h1-9H/b17-9-. The summed E-state index contributed by atoms with van der Waals surface area (Å²) in [4.78, 5) is 26.6. The van der Waals surface area contributed by atoms with E-state index >= 15 is 0 Å². The minimum absolute atomic E-state index is 0.0162. The average Bonchev–Trinajstić information content (AvgIpc) is 3.31. The molecular weight excluding hydrogens is 455 g/mol. The zero-order valence-corrected chi connectivity index (χ0v) is 17.0. The number of aliphatic imine (C=N–C) groups is 1. The van der Waals surface area contributed by atoms with Gasteiger partial charge in [-0.05, 0) is 36.4 Å². The van der Waals surface area contributed by atoms with Crippen molar-refractivity contribution in [1.29, 1.82) is 0 Å². The Morgan fingerprint density at radius 2 is 1.77 bits per heavy atom. The van der Waals surface area contributed by atoms with Crippen LogP contribution < -0.4 is 0 Å². The van der Waals surface area contributed by atoms with Crippen molar-refractivity contribution in [3.63, 3.8) is 0 Å². The zero-order chi connectivity index (χ0) is 21.4. The monoisotopic (exact) mass is 462 g/mol. The van der Waals surface area contributed by atoms with Crippen LogP contribution in [0.15, 0.2) is 63.6 Å². The molecule has 7 nitrogen and oxygen atoms in total. The number of halogens is 3. The number of nitro groups is 1. The molecular formula is C20H9Cl3N2O5. The maximum Gasteiger partial charge on any atom is 0.363 e. The van der Waals surface area contributed by atoms with Crippen LogP contribution in [0, 0.1) is 10.1 Å². The van der Waals surface area contributed by atoms with E-state index in [0.29, 0.717) is 27.1 Å². The molecule has 0 aliphatic carbocycles. The third kappa shape index (κ3) is 3.95. The quantitative estimate of drug-likeness (QED) is 0.200. The van der Waals surface area contributed by atoms with Crippen LogP contribution in [0.5, 0.6) is 0 Å². The van der Waals surface area contributed by atoms with Crippen LogP contribution in [0.1, 0.15) is 11.3 Å². The minimum Gasteiger partial charge on any atom is -0.457 e. The molecule has 0 saturated carbocycles. The number of carbonyl (C=O) groups is 1. The van der Waals surface area contributed by atoms with E-state index in [-0.39, 0.29) is 27.9 Å². The number of hydrogen-bond acceptors (Lipinski definition) is 6. The lowest BCUT2D eigenvalue weighted by Crippen LogP contribution is -2.06. The lowest BCUT2D eigenvalue weighted by Gasteiger charge is -2.02. The summed E-state index contributed by atoms with van der Waals surface area (Å²) < 4.78 is 10.9. The van der Waals surface area contributed by atoms with Crippen molar-refractivity contribution in [2.75, 3.05) is 0 Å². The van der Waals surface area contributed by atoms with Gasteiger partial charge in [0.25, 0.3) is 5.69 Å². The van der Waals surface area contributed by atoms with Gasteiger partial charge in [0.15, 0.2) is 5.70 Å². The molecule has 0 unspecified atom stereocenters. The fraction of sp³-hybridized carbons (Fsp3) is 0. The third-order valence-electron chi connectivity index (χ3n) is 4.11. The van der Waals surface area contributed by atoms with Crippen molar-refractivity contribution in [2.45, 2.75) is 0 Å². The van der Waals surface area contributed by atoms with E-state index in [1.54, 1.807) is 30.3 Å². The number of esters is 1. The Kier molecular flexibility index (Phi) is 5.34. The molecule has 0 N–H and O–H groups in total. The highest BCUT2D eigenvalue weighted by Gasteiger charge is 2.27. The first kappa shape index (κ1) is 20.2. The van der Waals surface area contributed by atoms with Crippen LogP contribution in [0.25, 0.3) is 17.4 Å². The van der Waals surface area contributed by atoms with Crippen LogP contribution in [0.4, 0.5) is 5.69 Å². The lowest BCUT2D eigenvalue weighted by molar-refractivity contribution is -0.384. The van der Waals surface area contributed by atoms with Crippen molar-refractivity contribution in [1.82, 2.24) is 0 Å². The smallest absolute Gasteiger partial charge is 0.363 e. The Morgan fingerprint density at radius 3 is 2.50 bits per heavy atom. The molecule has 30 heavy (non-hydrogen) atoms. The molecule has 4 rings (SSSR count). The van der Waals surface area contributed by atoms with Gasteiger partial charge < -0.3 is 9.15 Å². The number of carbonyl (C=O) groups excluding carboxylic acids is 1. The molecule has 0 atom stereocenters. The second-order valence-corrected chi connectivity index (χ2v) is 7.33. The number of benzene rings is 2. The van der Waals surface area contributed by atoms with Gasteiger partial charge in [-0.2, -0.15) is 0 Å². The Labute approximate surface area is 184 Å². The fourth-order valence-corrected chi connectivity index (χ4v) is 3.35.